The Morgan fingerprint density at radius 1 is 1.03 bits per heavy atom. The summed E-state index contributed by atoms with van der Waals surface area (Å²) in [5, 5.41) is 5.41. The van der Waals surface area contributed by atoms with Crippen molar-refractivity contribution < 1.29 is 21.6 Å². The van der Waals surface area contributed by atoms with Crippen LogP contribution in [0.4, 0.5) is 24.9 Å². The molecule has 1 aliphatic rings. The second kappa shape index (κ2) is 10.4. The molecule has 0 bridgehead atoms. The first-order valence-corrected chi connectivity index (χ1v) is 13.6. The number of halogens is 3. The molecule has 38 heavy (non-hydrogen) atoms. The fourth-order valence-electron chi connectivity index (χ4n) is 3.53. The Bertz CT molecular complexity index is 1490. The molecular formula is C26H29F3N6O2S. The summed E-state index contributed by atoms with van der Waals surface area (Å²) in [5.74, 6) is 6.43. The standard InChI is InChI=1S/C26H29F3N6O2S/c1-16(18-8-12-20(13-9-18)38(36,37)35-25(2,3)4)31-24-33-21-14-11-19(10-7-17-5-6-17)32-22(21)23(34-24)30-15-26(27,28)29/h8-9,11-14,16-17,35H,5-6,15H2,1-4H3,(H2,30,31,33,34). The van der Waals surface area contributed by atoms with Crippen molar-refractivity contribution in [3.05, 3.63) is 47.7 Å². The Kier molecular flexibility index (Phi) is 7.54. The number of rotatable bonds is 7. The van der Waals surface area contributed by atoms with Crippen LogP contribution in [-0.2, 0) is 10.0 Å². The van der Waals surface area contributed by atoms with Gasteiger partial charge in [0, 0.05) is 11.5 Å². The average Bonchev–Trinajstić information content (AvgIpc) is 3.64. The predicted molar refractivity (Wildman–Crippen MR) is 140 cm³/mol. The Morgan fingerprint density at radius 3 is 2.32 bits per heavy atom. The van der Waals surface area contributed by atoms with Crippen LogP contribution in [0.2, 0.25) is 0 Å². The molecule has 2 aromatic heterocycles. The molecule has 3 N–H and O–H groups in total. The number of fused-ring (bicyclic) bond motifs is 1. The number of alkyl halides is 3. The molecule has 202 valence electrons. The number of pyridine rings is 1. The molecule has 8 nitrogen and oxygen atoms in total. The molecule has 1 aliphatic carbocycles. The number of aromatic nitrogens is 3. The third-order valence-electron chi connectivity index (χ3n) is 5.46. The van der Waals surface area contributed by atoms with Gasteiger partial charge in [-0.15, -0.1) is 0 Å². The van der Waals surface area contributed by atoms with Crippen LogP contribution in [0.1, 0.15) is 57.8 Å². The molecule has 1 atom stereocenters. The highest BCUT2D eigenvalue weighted by Crippen LogP contribution is 2.28. The molecule has 2 heterocycles. The highest BCUT2D eigenvalue weighted by atomic mass is 32.2. The summed E-state index contributed by atoms with van der Waals surface area (Å²) in [4.78, 5) is 13.2. The zero-order valence-corrected chi connectivity index (χ0v) is 22.3. The Labute approximate surface area is 219 Å². The molecule has 1 saturated carbocycles. The number of nitrogens with one attached hydrogen (secondary N) is 3. The summed E-state index contributed by atoms with van der Waals surface area (Å²) in [6.07, 6.45) is -2.37. The van der Waals surface area contributed by atoms with Crippen molar-refractivity contribution in [2.75, 3.05) is 17.2 Å². The van der Waals surface area contributed by atoms with Gasteiger partial charge in [0.25, 0.3) is 0 Å². The van der Waals surface area contributed by atoms with Gasteiger partial charge >= 0.3 is 6.18 Å². The highest BCUT2D eigenvalue weighted by molar-refractivity contribution is 7.89. The van der Waals surface area contributed by atoms with Crippen LogP contribution in [0, 0.1) is 17.8 Å². The zero-order valence-electron chi connectivity index (χ0n) is 21.4. The van der Waals surface area contributed by atoms with Gasteiger partial charge in [-0.1, -0.05) is 18.1 Å². The fourth-order valence-corrected chi connectivity index (χ4v) is 4.95. The van der Waals surface area contributed by atoms with Crippen LogP contribution in [-0.4, -0.2) is 41.6 Å². The van der Waals surface area contributed by atoms with Gasteiger partial charge in [0.15, 0.2) is 5.82 Å². The van der Waals surface area contributed by atoms with E-state index in [9.17, 15) is 21.6 Å². The maximum atomic E-state index is 13.0. The molecular weight excluding hydrogens is 517 g/mol. The van der Waals surface area contributed by atoms with Gasteiger partial charge in [-0.3, -0.25) is 0 Å². The maximum absolute atomic E-state index is 13.0. The van der Waals surface area contributed by atoms with Crippen LogP contribution in [0.3, 0.4) is 0 Å². The van der Waals surface area contributed by atoms with Gasteiger partial charge in [-0.2, -0.15) is 18.2 Å². The summed E-state index contributed by atoms with van der Waals surface area (Å²) < 4.78 is 66.6. The van der Waals surface area contributed by atoms with E-state index >= 15 is 0 Å². The third-order valence-corrected chi connectivity index (χ3v) is 7.23. The van der Waals surface area contributed by atoms with Crippen LogP contribution in [0.25, 0.3) is 11.0 Å². The second-order valence-corrected chi connectivity index (χ2v) is 11.9. The molecule has 12 heteroatoms. The predicted octanol–water partition coefficient (Wildman–Crippen LogP) is 5.01. The normalized spacial score (nSPS) is 15.0. The Balaban J connectivity index is 1.59. The summed E-state index contributed by atoms with van der Waals surface area (Å²) in [7, 11) is -3.69. The lowest BCUT2D eigenvalue weighted by Gasteiger charge is -2.21. The van der Waals surface area contributed by atoms with E-state index in [1.54, 1.807) is 45.0 Å². The van der Waals surface area contributed by atoms with E-state index in [2.05, 4.69) is 42.1 Å². The molecule has 1 unspecified atom stereocenters. The van der Waals surface area contributed by atoms with Crippen molar-refractivity contribution in [3.8, 4) is 11.8 Å². The van der Waals surface area contributed by atoms with Gasteiger partial charge in [0.05, 0.1) is 16.5 Å². The topological polar surface area (TPSA) is 109 Å². The molecule has 1 aromatic carbocycles. The Morgan fingerprint density at radius 2 is 1.71 bits per heavy atom. The largest absolute Gasteiger partial charge is 0.405 e. The van der Waals surface area contributed by atoms with Crippen molar-refractivity contribution in [3.63, 3.8) is 0 Å². The highest BCUT2D eigenvalue weighted by Gasteiger charge is 2.28. The van der Waals surface area contributed by atoms with Crippen molar-refractivity contribution in [2.24, 2.45) is 5.92 Å². The number of anilines is 2. The molecule has 0 radical (unpaired) electrons. The van der Waals surface area contributed by atoms with Crippen LogP contribution in [0.5, 0.6) is 0 Å². The van der Waals surface area contributed by atoms with E-state index < -0.39 is 28.3 Å². The van der Waals surface area contributed by atoms with Gasteiger partial charge in [0.2, 0.25) is 16.0 Å². The number of benzene rings is 1. The minimum Gasteiger partial charge on any atom is -0.359 e. The van der Waals surface area contributed by atoms with Crippen molar-refractivity contribution in [1.29, 1.82) is 0 Å². The monoisotopic (exact) mass is 546 g/mol. The zero-order chi connectivity index (χ0) is 27.7. The van der Waals surface area contributed by atoms with Crippen molar-refractivity contribution >= 4 is 32.8 Å². The Hall–Kier alpha value is -3.43. The van der Waals surface area contributed by atoms with E-state index in [0.29, 0.717) is 17.1 Å². The third kappa shape index (κ3) is 7.55. The summed E-state index contributed by atoms with van der Waals surface area (Å²) in [6.45, 7) is 5.78. The fraction of sp³-hybridized carbons (Fsp3) is 0.423. The minimum absolute atomic E-state index is 0.0632. The van der Waals surface area contributed by atoms with Crippen molar-refractivity contribution in [1.82, 2.24) is 19.7 Å². The van der Waals surface area contributed by atoms with Gasteiger partial charge in [-0.05, 0) is 76.3 Å². The van der Waals surface area contributed by atoms with Crippen LogP contribution >= 0.6 is 0 Å². The van der Waals surface area contributed by atoms with Crippen molar-refractivity contribution in [2.45, 2.75) is 63.2 Å². The lowest BCUT2D eigenvalue weighted by Crippen LogP contribution is -2.40. The molecule has 0 spiro atoms. The lowest BCUT2D eigenvalue weighted by molar-refractivity contribution is -0.115. The average molecular weight is 547 g/mol. The molecule has 0 aliphatic heterocycles. The van der Waals surface area contributed by atoms with E-state index in [4.69, 9.17) is 0 Å². The first-order chi connectivity index (χ1) is 17.7. The van der Waals surface area contributed by atoms with Crippen LogP contribution in [0.15, 0.2) is 41.3 Å². The number of nitrogens with zero attached hydrogens (tertiary/aromatic N) is 3. The van der Waals surface area contributed by atoms with Gasteiger partial charge in [0.1, 0.15) is 17.8 Å². The number of sulfonamides is 1. The summed E-state index contributed by atoms with van der Waals surface area (Å²) in [5.41, 5.74) is 1.09. The second-order valence-electron chi connectivity index (χ2n) is 10.3. The maximum Gasteiger partial charge on any atom is 0.405 e. The van der Waals surface area contributed by atoms with Gasteiger partial charge in [-0.25, -0.2) is 23.1 Å². The van der Waals surface area contributed by atoms with Gasteiger partial charge < -0.3 is 10.6 Å². The summed E-state index contributed by atoms with van der Waals surface area (Å²) >= 11 is 0. The quantitative estimate of drug-likeness (QED) is 0.358. The number of hydrogen-bond acceptors (Lipinski definition) is 7. The van der Waals surface area contributed by atoms with E-state index in [1.165, 1.54) is 12.1 Å². The molecule has 4 rings (SSSR count). The molecule has 0 amide bonds. The first-order valence-electron chi connectivity index (χ1n) is 12.1. The van der Waals surface area contributed by atoms with Crippen LogP contribution < -0.4 is 15.4 Å². The molecule has 3 aromatic rings. The smallest absolute Gasteiger partial charge is 0.359 e. The minimum atomic E-state index is -4.45. The lowest BCUT2D eigenvalue weighted by atomic mass is 10.1. The SMILES string of the molecule is CC(Nc1nc(NCC(F)(F)F)c2nc(C#CC3CC3)ccc2n1)c1ccc(S(=O)(=O)NC(C)(C)C)cc1. The first kappa shape index (κ1) is 27.6. The summed E-state index contributed by atoms with van der Waals surface area (Å²) in [6, 6.07) is 9.25. The van der Waals surface area contributed by atoms with E-state index in [-0.39, 0.29) is 28.2 Å². The van der Waals surface area contributed by atoms with E-state index in [1.807, 2.05) is 6.92 Å². The molecule has 0 saturated heterocycles. The molecule has 1 fully saturated rings. The number of hydrogen-bond donors (Lipinski definition) is 3. The van der Waals surface area contributed by atoms with E-state index in [0.717, 1.165) is 18.4 Å².